The second-order valence-electron chi connectivity index (χ2n) is 7.59. The Morgan fingerprint density at radius 1 is 0.931 bits per heavy atom. The molecule has 0 bridgehead atoms. The highest BCUT2D eigenvalue weighted by Gasteiger charge is 2.31. The van der Waals surface area contributed by atoms with Crippen molar-refractivity contribution in [2.45, 2.75) is 24.9 Å². The lowest BCUT2D eigenvalue weighted by Crippen LogP contribution is -2.29. The molecule has 3 atom stereocenters. The topological polar surface area (TPSA) is 52.5 Å². The van der Waals surface area contributed by atoms with Crippen LogP contribution in [0.4, 0.5) is 14.5 Å². The Bertz CT molecular complexity index is 973. The largest absolute Gasteiger partial charge is 0.508 e. The lowest BCUT2D eigenvalue weighted by molar-refractivity contribution is 0.155. The molecule has 3 N–H and O–H groups in total. The van der Waals surface area contributed by atoms with Gasteiger partial charge >= 0.3 is 0 Å². The van der Waals surface area contributed by atoms with E-state index in [1.807, 2.05) is 12.1 Å². The third-order valence-electron chi connectivity index (χ3n) is 5.69. The van der Waals surface area contributed by atoms with Crippen LogP contribution < -0.4 is 5.32 Å². The second kappa shape index (κ2) is 8.21. The molecule has 0 fully saturated rings. The first-order valence-corrected chi connectivity index (χ1v) is 9.77. The number of hydrogen-bond acceptors (Lipinski definition) is 3. The van der Waals surface area contributed by atoms with Gasteiger partial charge in [-0.25, -0.2) is 8.78 Å². The number of phenols is 1. The summed E-state index contributed by atoms with van der Waals surface area (Å²) >= 11 is 0. The zero-order chi connectivity index (χ0) is 20.4. The minimum atomic E-state index is -0.690. The maximum absolute atomic E-state index is 14.0. The number of anilines is 1. The molecule has 0 saturated carbocycles. The summed E-state index contributed by atoms with van der Waals surface area (Å²) in [6.07, 6.45) is 0.523. The first-order valence-electron chi connectivity index (χ1n) is 9.77. The number of aromatic hydroxyl groups is 1. The Labute approximate surface area is 168 Å². The number of benzene rings is 3. The molecule has 3 aromatic carbocycles. The van der Waals surface area contributed by atoms with Crippen LogP contribution in [0.1, 0.15) is 41.6 Å². The van der Waals surface area contributed by atoms with Gasteiger partial charge in [0.05, 0.1) is 6.10 Å². The molecule has 0 radical (unpaired) electrons. The monoisotopic (exact) mass is 395 g/mol. The summed E-state index contributed by atoms with van der Waals surface area (Å²) in [5.41, 5.74) is 3.46. The number of hydrogen-bond donors (Lipinski definition) is 3. The maximum Gasteiger partial charge on any atom is 0.123 e. The van der Waals surface area contributed by atoms with Crippen LogP contribution in [0, 0.1) is 17.6 Å². The first kappa shape index (κ1) is 19.4. The van der Waals surface area contributed by atoms with Crippen molar-refractivity contribution in [2.24, 2.45) is 5.92 Å². The number of aliphatic hydroxyl groups excluding tert-OH is 1. The fraction of sp³-hybridized carbons (Fsp3) is 0.250. The predicted octanol–water partition coefficient (Wildman–Crippen LogP) is 5.36. The van der Waals surface area contributed by atoms with Gasteiger partial charge in [-0.15, -0.1) is 0 Å². The SMILES string of the molecule is Oc1ccc([C@H]2c3cc(F)ccc3NC[C@@H]2CC[C@H](O)c2ccc(F)cc2)cc1. The molecule has 0 unspecified atom stereocenters. The van der Waals surface area contributed by atoms with E-state index in [2.05, 4.69) is 5.32 Å². The Hall–Kier alpha value is -2.92. The third-order valence-corrected chi connectivity index (χ3v) is 5.69. The predicted molar refractivity (Wildman–Crippen MR) is 109 cm³/mol. The fourth-order valence-corrected chi connectivity index (χ4v) is 4.19. The lowest BCUT2D eigenvalue weighted by atomic mass is 9.75. The van der Waals surface area contributed by atoms with E-state index in [1.54, 1.807) is 36.4 Å². The van der Waals surface area contributed by atoms with Crippen molar-refractivity contribution < 1.29 is 19.0 Å². The van der Waals surface area contributed by atoms with Crippen LogP contribution in [0.15, 0.2) is 66.7 Å². The van der Waals surface area contributed by atoms with Crippen molar-refractivity contribution in [3.63, 3.8) is 0 Å². The van der Waals surface area contributed by atoms with E-state index < -0.39 is 6.10 Å². The highest BCUT2D eigenvalue weighted by Crippen LogP contribution is 2.43. The molecule has 0 amide bonds. The van der Waals surface area contributed by atoms with Gasteiger partial charge in [0.1, 0.15) is 17.4 Å². The van der Waals surface area contributed by atoms with E-state index in [-0.39, 0.29) is 29.2 Å². The zero-order valence-corrected chi connectivity index (χ0v) is 15.9. The summed E-state index contributed by atoms with van der Waals surface area (Å²) in [6, 6.07) is 17.7. The van der Waals surface area contributed by atoms with Gasteiger partial charge in [0.2, 0.25) is 0 Å². The number of aliphatic hydroxyl groups is 1. The molecule has 0 spiro atoms. The van der Waals surface area contributed by atoms with E-state index >= 15 is 0 Å². The molecule has 0 aromatic heterocycles. The van der Waals surface area contributed by atoms with Crippen molar-refractivity contribution in [1.29, 1.82) is 0 Å². The number of halogens is 2. The van der Waals surface area contributed by atoms with Gasteiger partial charge < -0.3 is 15.5 Å². The van der Waals surface area contributed by atoms with Gasteiger partial charge in [-0.3, -0.25) is 0 Å². The van der Waals surface area contributed by atoms with Crippen LogP contribution in [0.3, 0.4) is 0 Å². The number of fused-ring (bicyclic) bond motifs is 1. The van der Waals surface area contributed by atoms with Crippen LogP contribution in [0.25, 0.3) is 0 Å². The second-order valence-corrected chi connectivity index (χ2v) is 7.59. The average Bonchev–Trinajstić information content (AvgIpc) is 2.73. The van der Waals surface area contributed by atoms with Gasteiger partial charge in [0.15, 0.2) is 0 Å². The molecule has 0 aliphatic carbocycles. The highest BCUT2D eigenvalue weighted by molar-refractivity contribution is 5.58. The molecular formula is C24H23F2NO2. The third kappa shape index (κ3) is 4.25. The standard InChI is InChI=1S/C24H23F2NO2/c25-18-6-1-15(2-7-18)23(29)12-5-17-14-27-22-11-8-19(26)13-21(22)24(17)16-3-9-20(28)10-4-16/h1-4,6-11,13,17,23-24,27-29H,5,12,14H2/t17-,23-,24+/m0/s1. The van der Waals surface area contributed by atoms with Crippen LogP contribution in [-0.2, 0) is 0 Å². The molecule has 29 heavy (non-hydrogen) atoms. The van der Waals surface area contributed by atoms with Crippen molar-refractivity contribution in [2.75, 3.05) is 11.9 Å². The minimum Gasteiger partial charge on any atom is -0.508 e. The zero-order valence-electron chi connectivity index (χ0n) is 15.9. The quantitative estimate of drug-likeness (QED) is 0.545. The van der Waals surface area contributed by atoms with E-state index in [4.69, 9.17) is 0 Å². The molecule has 1 aliphatic rings. The summed E-state index contributed by atoms with van der Waals surface area (Å²) in [6.45, 7) is 0.695. The molecule has 0 saturated heterocycles. The van der Waals surface area contributed by atoms with E-state index in [0.717, 1.165) is 16.8 Å². The van der Waals surface area contributed by atoms with Gasteiger partial charge in [-0.05, 0) is 77.9 Å². The summed E-state index contributed by atoms with van der Waals surface area (Å²) < 4.78 is 27.1. The number of phenolic OH excluding ortho intramolecular Hbond substituents is 1. The molecule has 4 rings (SSSR count). The molecule has 5 heteroatoms. The Balaban J connectivity index is 1.59. The molecule has 3 aromatic rings. The van der Waals surface area contributed by atoms with E-state index in [9.17, 15) is 19.0 Å². The van der Waals surface area contributed by atoms with Gasteiger partial charge in [0.25, 0.3) is 0 Å². The van der Waals surface area contributed by atoms with Crippen molar-refractivity contribution >= 4 is 5.69 Å². The molecule has 1 aliphatic heterocycles. The summed E-state index contributed by atoms with van der Waals surface area (Å²) in [5.74, 6) is -0.359. The Morgan fingerprint density at radius 3 is 2.34 bits per heavy atom. The molecular weight excluding hydrogens is 372 g/mol. The van der Waals surface area contributed by atoms with Gasteiger partial charge in [-0.2, -0.15) is 0 Å². The van der Waals surface area contributed by atoms with E-state index in [0.29, 0.717) is 24.9 Å². The molecule has 150 valence electrons. The van der Waals surface area contributed by atoms with Crippen LogP contribution in [0.2, 0.25) is 0 Å². The van der Waals surface area contributed by atoms with E-state index in [1.165, 1.54) is 18.2 Å². The smallest absolute Gasteiger partial charge is 0.123 e. The average molecular weight is 395 g/mol. The molecule has 1 heterocycles. The lowest BCUT2D eigenvalue weighted by Gasteiger charge is -2.35. The number of nitrogens with one attached hydrogen (secondary N) is 1. The van der Waals surface area contributed by atoms with Crippen LogP contribution in [0.5, 0.6) is 5.75 Å². The van der Waals surface area contributed by atoms with Crippen LogP contribution >= 0.6 is 0 Å². The van der Waals surface area contributed by atoms with Crippen molar-refractivity contribution in [3.05, 3.63) is 95.1 Å². The van der Waals surface area contributed by atoms with Gasteiger partial charge in [0, 0.05) is 18.2 Å². The Morgan fingerprint density at radius 2 is 1.62 bits per heavy atom. The summed E-state index contributed by atoms with van der Waals surface area (Å²) in [4.78, 5) is 0. The minimum absolute atomic E-state index is 0.0528. The highest BCUT2D eigenvalue weighted by atomic mass is 19.1. The normalized spacial score (nSPS) is 19.3. The first-order chi connectivity index (χ1) is 14.0. The molecule has 3 nitrogen and oxygen atoms in total. The summed E-state index contributed by atoms with van der Waals surface area (Å²) in [5, 5.41) is 23.6. The number of rotatable bonds is 5. The van der Waals surface area contributed by atoms with Crippen molar-refractivity contribution in [1.82, 2.24) is 0 Å². The van der Waals surface area contributed by atoms with Gasteiger partial charge in [-0.1, -0.05) is 24.3 Å². The summed E-state index contributed by atoms with van der Waals surface area (Å²) in [7, 11) is 0. The van der Waals surface area contributed by atoms with Crippen molar-refractivity contribution in [3.8, 4) is 5.75 Å². The maximum atomic E-state index is 14.0. The Kier molecular flexibility index (Phi) is 5.49. The van der Waals surface area contributed by atoms with Crippen LogP contribution in [-0.4, -0.2) is 16.8 Å². The fourth-order valence-electron chi connectivity index (χ4n) is 4.19.